The number of ether oxygens (including phenoxy) is 1. The Morgan fingerprint density at radius 3 is 2.37 bits per heavy atom. The Balaban J connectivity index is 2.18. The number of methoxy groups -OCH3 is 1. The van der Waals surface area contributed by atoms with Gasteiger partial charge < -0.3 is 10.1 Å². The van der Waals surface area contributed by atoms with Crippen LogP contribution in [-0.2, 0) is 9.53 Å². The van der Waals surface area contributed by atoms with E-state index in [9.17, 15) is 4.79 Å². The van der Waals surface area contributed by atoms with E-state index < -0.39 is 5.54 Å². The van der Waals surface area contributed by atoms with Gasteiger partial charge in [-0.2, -0.15) is 0 Å². The molecule has 1 aromatic rings. The Hall–Kier alpha value is -1.51. The molecule has 0 unspecified atom stereocenters. The zero-order valence-corrected chi connectivity index (χ0v) is 12.0. The molecule has 1 N–H and O–H groups in total. The summed E-state index contributed by atoms with van der Waals surface area (Å²) in [5.41, 5.74) is 1.66. The van der Waals surface area contributed by atoms with Gasteiger partial charge >= 0.3 is 5.97 Å². The minimum Gasteiger partial charge on any atom is -0.467 e. The van der Waals surface area contributed by atoms with Gasteiger partial charge in [-0.05, 0) is 50.7 Å². The van der Waals surface area contributed by atoms with Gasteiger partial charge in [0.15, 0.2) is 0 Å². The zero-order chi connectivity index (χ0) is 13.9. The summed E-state index contributed by atoms with van der Waals surface area (Å²) in [6.45, 7) is 4.30. The van der Waals surface area contributed by atoms with Crippen LogP contribution in [-0.4, -0.2) is 18.6 Å². The van der Waals surface area contributed by atoms with Crippen molar-refractivity contribution in [3.63, 3.8) is 0 Å². The summed E-state index contributed by atoms with van der Waals surface area (Å²) in [6.07, 6.45) is 3.81. The molecule has 1 aliphatic carbocycles. The molecule has 1 aliphatic rings. The maximum atomic E-state index is 12.2. The largest absolute Gasteiger partial charge is 0.467 e. The van der Waals surface area contributed by atoms with E-state index in [1.807, 2.05) is 12.1 Å². The Morgan fingerprint density at radius 1 is 1.26 bits per heavy atom. The number of aryl methyl sites for hydroxylation is 1. The average molecular weight is 261 g/mol. The van der Waals surface area contributed by atoms with Gasteiger partial charge in [0.25, 0.3) is 0 Å². The van der Waals surface area contributed by atoms with Crippen molar-refractivity contribution in [3.05, 3.63) is 29.8 Å². The van der Waals surface area contributed by atoms with Crippen LogP contribution in [0.2, 0.25) is 0 Å². The fourth-order valence-corrected chi connectivity index (χ4v) is 2.74. The van der Waals surface area contributed by atoms with Gasteiger partial charge in [-0.15, -0.1) is 0 Å². The molecule has 0 saturated heterocycles. The molecule has 3 heteroatoms. The molecule has 0 aromatic heterocycles. The number of carbonyl (C=O) groups is 1. The fourth-order valence-electron chi connectivity index (χ4n) is 2.74. The standard InChI is InChI=1S/C16H23NO2/c1-12-4-6-14(7-5-12)17-16(15(18)19-3)10-8-13(2)9-11-16/h4-7,13,17H,8-11H2,1-3H3. The van der Waals surface area contributed by atoms with Crippen molar-refractivity contribution >= 4 is 11.7 Å². The van der Waals surface area contributed by atoms with Crippen molar-refractivity contribution < 1.29 is 9.53 Å². The molecule has 0 radical (unpaired) electrons. The lowest BCUT2D eigenvalue weighted by molar-refractivity contribution is -0.147. The lowest BCUT2D eigenvalue weighted by Gasteiger charge is -2.38. The lowest BCUT2D eigenvalue weighted by Crippen LogP contribution is -2.49. The average Bonchev–Trinajstić information content (AvgIpc) is 2.43. The van der Waals surface area contributed by atoms with E-state index in [0.717, 1.165) is 31.4 Å². The van der Waals surface area contributed by atoms with Gasteiger partial charge in [0, 0.05) is 5.69 Å². The summed E-state index contributed by atoms with van der Waals surface area (Å²) in [4.78, 5) is 12.2. The molecule has 0 atom stereocenters. The summed E-state index contributed by atoms with van der Waals surface area (Å²) < 4.78 is 5.02. The van der Waals surface area contributed by atoms with Crippen LogP contribution in [0.15, 0.2) is 24.3 Å². The van der Waals surface area contributed by atoms with Crippen LogP contribution in [0, 0.1) is 12.8 Å². The van der Waals surface area contributed by atoms with E-state index in [1.54, 1.807) is 0 Å². The van der Waals surface area contributed by atoms with E-state index in [0.29, 0.717) is 5.92 Å². The molecule has 0 spiro atoms. The third kappa shape index (κ3) is 3.09. The summed E-state index contributed by atoms with van der Waals surface area (Å²) >= 11 is 0. The molecule has 0 bridgehead atoms. The first kappa shape index (κ1) is 13.9. The predicted octanol–water partition coefficient (Wildman–Crippen LogP) is 3.53. The lowest BCUT2D eigenvalue weighted by atomic mass is 9.77. The van der Waals surface area contributed by atoms with Crippen LogP contribution in [0.1, 0.15) is 38.2 Å². The number of hydrogen-bond acceptors (Lipinski definition) is 3. The minimum atomic E-state index is -0.545. The summed E-state index contributed by atoms with van der Waals surface area (Å²) in [5.74, 6) is 0.553. The molecule has 2 rings (SSSR count). The van der Waals surface area contributed by atoms with E-state index >= 15 is 0 Å². The smallest absolute Gasteiger partial charge is 0.331 e. The molecular formula is C16H23NO2. The predicted molar refractivity (Wildman–Crippen MR) is 77.2 cm³/mol. The quantitative estimate of drug-likeness (QED) is 0.846. The van der Waals surface area contributed by atoms with Crippen molar-refractivity contribution in [2.75, 3.05) is 12.4 Å². The maximum absolute atomic E-state index is 12.2. The molecule has 0 heterocycles. The third-order valence-corrected chi connectivity index (χ3v) is 4.14. The van der Waals surface area contributed by atoms with Crippen LogP contribution in [0.3, 0.4) is 0 Å². The van der Waals surface area contributed by atoms with Crippen LogP contribution < -0.4 is 5.32 Å². The van der Waals surface area contributed by atoms with Crippen molar-refractivity contribution in [1.82, 2.24) is 0 Å². The first-order chi connectivity index (χ1) is 9.05. The van der Waals surface area contributed by atoms with E-state index in [2.05, 4.69) is 31.3 Å². The second-order valence-electron chi connectivity index (χ2n) is 5.75. The second-order valence-corrected chi connectivity index (χ2v) is 5.75. The molecule has 3 nitrogen and oxygen atoms in total. The highest BCUT2D eigenvalue weighted by molar-refractivity contribution is 5.84. The van der Waals surface area contributed by atoms with E-state index in [-0.39, 0.29) is 5.97 Å². The van der Waals surface area contributed by atoms with Gasteiger partial charge in [-0.1, -0.05) is 24.6 Å². The van der Waals surface area contributed by atoms with Gasteiger partial charge in [-0.25, -0.2) is 4.79 Å². The minimum absolute atomic E-state index is 0.139. The Kier molecular flexibility index (Phi) is 4.13. The Bertz CT molecular complexity index is 431. The van der Waals surface area contributed by atoms with Crippen molar-refractivity contribution in [3.8, 4) is 0 Å². The number of nitrogens with one attached hydrogen (secondary N) is 1. The highest BCUT2D eigenvalue weighted by atomic mass is 16.5. The van der Waals surface area contributed by atoms with Gasteiger partial charge in [0.1, 0.15) is 5.54 Å². The number of hydrogen-bond donors (Lipinski definition) is 1. The van der Waals surface area contributed by atoms with Crippen molar-refractivity contribution in [2.45, 2.75) is 45.1 Å². The summed E-state index contributed by atoms with van der Waals surface area (Å²) in [6, 6.07) is 8.16. The van der Waals surface area contributed by atoms with Crippen LogP contribution in [0.4, 0.5) is 5.69 Å². The normalized spacial score (nSPS) is 26.8. The number of rotatable bonds is 3. The molecule has 1 aromatic carbocycles. The zero-order valence-electron chi connectivity index (χ0n) is 12.0. The van der Waals surface area contributed by atoms with E-state index in [4.69, 9.17) is 4.74 Å². The van der Waals surface area contributed by atoms with Gasteiger partial charge in [-0.3, -0.25) is 0 Å². The number of benzene rings is 1. The third-order valence-electron chi connectivity index (χ3n) is 4.14. The maximum Gasteiger partial charge on any atom is 0.331 e. The number of carbonyl (C=O) groups excluding carboxylic acids is 1. The van der Waals surface area contributed by atoms with Gasteiger partial charge in [0.2, 0.25) is 0 Å². The molecule has 0 amide bonds. The molecule has 19 heavy (non-hydrogen) atoms. The van der Waals surface area contributed by atoms with Crippen LogP contribution in [0.5, 0.6) is 0 Å². The monoisotopic (exact) mass is 261 g/mol. The van der Waals surface area contributed by atoms with Crippen molar-refractivity contribution in [1.29, 1.82) is 0 Å². The first-order valence-corrected chi connectivity index (χ1v) is 6.99. The molecule has 1 saturated carbocycles. The summed E-state index contributed by atoms with van der Waals surface area (Å²) in [5, 5.41) is 3.42. The molecule has 1 fully saturated rings. The van der Waals surface area contributed by atoms with Crippen LogP contribution in [0.25, 0.3) is 0 Å². The van der Waals surface area contributed by atoms with E-state index in [1.165, 1.54) is 12.7 Å². The highest BCUT2D eigenvalue weighted by Gasteiger charge is 2.42. The Labute approximate surface area is 115 Å². The molecule has 0 aliphatic heterocycles. The summed E-state index contributed by atoms with van der Waals surface area (Å²) in [7, 11) is 1.47. The highest BCUT2D eigenvalue weighted by Crippen LogP contribution is 2.35. The first-order valence-electron chi connectivity index (χ1n) is 6.99. The van der Waals surface area contributed by atoms with Crippen LogP contribution >= 0.6 is 0 Å². The number of esters is 1. The molecule has 104 valence electrons. The van der Waals surface area contributed by atoms with Crippen molar-refractivity contribution in [2.24, 2.45) is 5.92 Å². The number of anilines is 1. The fraction of sp³-hybridized carbons (Fsp3) is 0.562. The van der Waals surface area contributed by atoms with Gasteiger partial charge in [0.05, 0.1) is 7.11 Å². The second kappa shape index (κ2) is 5.64. The Morgan fingerprint density at radius 2 is 1.84 bits per heavy atom. The SMILES string of the molecule is COC(=O)C1(Nc2ccc(C)cc2)CCC(C)CC1. The topological polar surface area (TPSA) is 38.3 Å². The molecular weight excluding hydrogens is 238 g/mol.